The summed E-state index contributed by atoms with van der Waals surface area (Å²) in [6.45, 7) is 2.22. The van der Waals surface area contributed by atoms with E-state index < -0.39 is 0 Å². The average molecular weight is 285 g/mol. The Morgan fingerprint density at radius 2 is 1.50 bits per heavy atom. The molecule has 0 spiro atoms. The maximum atomic E-state index is 3.42. The van der Waals surface area contributed by atoms with Gasteiger partial charge in [-0.15, -0.1) is 11.8 Å². The molecular weight excluding hydrogens is 262 g/mol. The SMILES string of the molecule is CCCc1ccc(C(NC)c2ccc(SC)cc2)cc1. The van der Waals surface area contributed by atoms with Gasteiger partial charge in [-0.3, -0.25) is 0 Å². The second-order valence-electron chi connectivity index (χ2n) is 4.99. The molecule has 0 aliphatic heterocycles. The van der Waals surface area contributed by atoms with Gasteiger partial charge in [-0.25, -0.2) is 0 Å². The summed E-state index contributed by atoms with van der Waals surface area (Å²) in [5.41, 5.74) is 4.06. The molecule has 2 heteroatoms. The normalized spacial score (nSPS) is 12.3. The lowest BCUT2D eigenvalue weighted by molar-refractivity contribution is 0.690. The lowest BCUT2D eigenvalue weighted by Gasteiger charge is -2.18. The molecule has 20 heavy (non-hydrogen) atoms. The summed E-state index contributed by atoms with van der Waals surface area (Å²) in [4.78, 5) is 1.31. The number of hydrogen-bond donors (Lipinski definition) is 1. The highest BCUT2D eigenvalue weighted by molar-refractivity contribution is 7.98. The van der Waals surface area contributed by atoms with Crippen molar-refractivity contribution in [1.82, 2.24) is 5.32 Å². The Balaban J connectivity index is 2.21. The van der Waals surface area contributed by atoms with Gasteiger partial charge >= 0.3 is 0 Å². The van der Waals surface area contributed by atoms with Crippen molar-refractivity contribution in [2.24, 2.45) is 0 Å². The molecule has 106 valence electrons. The van der Waals surface area contributed by atoms with Crippen LogP contribution < -0.4 is 5.32 Å². The average Bonchev–Trinajstić information content (AvgIpc) is 2.51. The maximum Gasteiger partial charge on any atom is 0.0574 e. The van der Waals surface area contributed by atoms with E-state index in [-0.39, 0.29) is 6.04 Å². The van der Waals surface area contributed by atoms with Crippen molar-refractivity contribution >= 4 is 11.8 Å². The number of rotatable bonds is 6. The van der Waals surface area contributed by atoms with Crippen LogP contribution in [0.15, 0.2) is 53.4 Å². The van der Waals surface area contributed by atoms with E-state index >= 15 is 0 Å². The van der Waals surface area contributed by atoms with Crippen LogP contribution in [0, 0.1) is 0 Å². The Morgan fingerprint density at radius 3 is 1.95 bits per heavy atom. The number of nitrogens with one attached hydrogen (secondary N) is 1. The minimum absolute atomic E-state index is 0.265. The predicted octanol–water partition coefficient (Wildman–Crippen LogP) is 4.67. The second-order valence-corrected chi connectivity index (χ2v) is 5.87. The Labute approximate surface area is 126 Å². The molecule has 2 aromatic carbocycles. The number of hydrogen-bond acceptors (Lipinski definition) is 2. The van der Waals surface area contributed by atoms with Gasteiger partial charge in [0.05, 0.1) is 6.04 Å². The molecular formula is C18H23NS. The zero-order valence-electron chi connectivity index (χ0n) is 12.5. The van der Waals surface area contributed by atoms with Crippen molar-refractivity contribution in [2.45, 2.75) is 30.7 Å². The van der Waals surface area contributed by atoms with Crippen LogP contribution in [0.2, 0.25) is 0 Å². The van der Waals surface area contributed by atoms with Crippen LogP contribution in [0.5, 0.6) is 0 Å². The predicted molar refractivity (Wildman–Crippen MR) is 89.6 cm³/mol. The smallest absolute Gasteiger partial charge is 0.0574 e. The summed E-state index contributed by atoms with van der Waals surface area (Å²) < 4.78 is 0. The molecule has 0 heterocycles. The van der Waals surface area contributed by atoms with Crippen molar-refractivity contribution < 1.29 is 0 Å². The molecule has 0 aliphatic rings. The molecule has 0 bridgehead atoms. The van der Waals surface area contributed by atoms with Gasteiger partial charge < -0.3 is 5.32 Å². The largest absolute Gasteiger partial charge is 0.309 e. The fraction of sp³-hybridized carbons (Fsp3) is 0.333. The van der Waals surface area contributed by atoms with Crippen molar-refractivity contribution in [3.8, 4) is 0 Å². The molecule has 0 amide bonds. The summed E-state index contributed by atoms with van der Waals surface area (Å²) in [6, 6.07) is 18.1. The highest BCUT2D eigenvalue weighted by Gasteiger charge is 2.11. The van der Waals surface area contributed by atoms with E-state index in [1.165, 1.54) is 28.0 Å². The van der Waals surface area contributed by atoms with E-state index in [2.05, 4.69) is 67.0 Å². The first-order chi connectivity index (χ1) is 9.78. The summed E-state index contributed by atoms with van der Waals surface area (Å²) in [6.07, 6.45) is 4.47. The highest BCUT2D eigenvalue weighted by Crippen LogP contribution is 2.24. The molecule has 1 atom stereocenters. The topological polar surface area (TPSA) is 12.0 Å². The van der Waals surface area contributed by atoms with Crippen LogP contribution in [0.25, 0.3) is 0 Å². The first-order valence-corrected chi connectivity index (χ1v) is 8.41. The van der Waals surface area contributed by atoms with Gasteiger partial charge in [0, 0.05) is 4.90 Å². The van der Waals surface area contributed by atoms with Crippen molar-refractivity contribution in [1.29, 1.82) is 0 Å². The first-order valence-electron chi connectivity index (χ1n) is 7.18. The van der Waals surface area contributed by atoms with Gasteiger partial charge in [0.25, 0.3) is 0 Å². The third kappa shape index (κ3) is 3.65. The number of aryl methyl sites for hydroxylation is 1. The molecule has 0 saturated carbocycles. The molecule has 2 aromatic rings. The van der Waals surface area contributed by atoms with Gasteiger partial charge in [0.1, 0.15) is 0 Å². The maximum absolute atomic E-state index is 3.42. The van der Waals surface area contributed by atoms with Crippen LogP contribution in [0.4, 0.5) is 0 Å². The molecule has 1 N–H and O–H groups in total. The number of thioether (sulfide) groups is 1. The lowest BCUT2D eigenvalue weighted by atomic mass is 9.97. The summed E-state index contributed by atoms with van der Waals surface area (Å²) in [5, 5.41) is 3.42. The monoisotopic (exact) mass is 285 g/mol. The van der Waals surface area contributed by atoms with Crippen LogP contribution >= 0.6 is 11.8 Å². The van der Waals surface area contributed by atoms with E-state index in [0.29, 0.717) is 0 Å². The summed E-state index contributed by atoms with van der Waals surface area (Å²) in [7, 11) is 2.02. The van der Waals surface area contributed by atoms with Gasteiger partial charge in [-0.2, -0.15) is 0 Å². The van der Waals surface area contributed by atoms with Crippen molar-refractivity contribution in [3.05, 3.63) is 65.2 Å². The van der Waals surface area contributed by atoms with Gasteiger partial charge in [0.15, 0.2) is 0 Å². The molecule has 0 aliphatic carbocycles. The molecule has 0 saturated heterocycles. The molecule has 0 fully saturated rings. The molecule has 0 aromatic heterocycles. The minimum Gasteiger partial charge on any atom is -0.309 e. The number of benzene rings is 2. The lowest BCUT2D eigenvalue weighted by Crippen LogP contribution is -2.17. The van der Waals surface area contributed by atoms with Crippen LogP contribution in [0.1, 0.15) is 36.1 Å². The van der Waals surface area contributed by atoms with Gasteiger partial charge in [-0.05, 0) is 48.5 Å². The Kier molecular flexibility index (Phi) is 5.69. The van der Waals surface area contributed by atoms with Crippen LogP contribution in [-0.4, -0.2) is 13.3 Å². The van der Waals surface area contributed by atoms with Crippen molar-refractivity contribution in [2.75, 3.05) is 13.3 Å². The van der Waals surface area contributed by atoms with Crippen LogP contribution in [-0.2, 0) is 6.42 Å². The standard InChI is InChI=1S/C18H23NS/c1-4-5-14-6-8-15(9-7-14)18(19-2)16-10-12-17(20-3)13-11-16/h6-13,18-19H,4-5H2,1-3H3. The fourth-order valence-corrected chi connectivity index (χ4v) is 2.90. The van der Waals surface area contributed by atoms with E-state index in [4.69, 9.17) is 0 Å². The zero-order chi connectivity index (χ0) is 14.4. The Hall–Kier alpha value is -1.25. The molecule has 1 nitrogen and oxygen atoms in total. The van der Waals surface area contributed by atoms with Gasteiger partial charge in [0.2, 0.25) is 0 Å². The molecule has 0 radical (unpaired) electrons. The van der Waals surface area contributed by atoms with Crippen molar-refractivity contribution in [3.63, 3.8) is 0 Å². The highest BCUT2D eigenvalue weighted by atomic mass is 32.2. The van der Waals surface area contributed by atoms with Crippen LogP contribution in [0.3, 0.4) is 0 Å². The summed E-state index contributed by atoms with van der Waals surface area (Å²) >= 11 is 1.78. The molecule has 2 rings (SSSR count). The van der Waals surface area contributed by atoms with E-state index in [9.17, 15) is 0 Å². The van der Waals surface area contributed by atoms with E-state index in [0.717, 1.165) is 6.42 Å². The Morgan fingerprint density at radius 1 is 0.950 bits per heavy atom. The summed E-state index contributed by atoms with van der Waals surface area (Å²) in [5.74, 6) is 0. The third-order valence-corrected chi connectivity index (χ3v) is 4.33. The third-order valence-electron chi connectivity index (χ3n) is 3.59. The van der Waals surface area contributed by atoms with Gasteiger partial charge in [-0.1, -0.05) is 49.7 Å². The van der Waals surface area contributed by atoms with E-state index in [1.54, 1.807) is 11.8 Å². The Bertz CT molecular complexity index is 516. The quantitative estimate of drug-likeness (QED) is 0.774. The first kappa shape index (κ1) is 15.1. The second kappa shape index (κ2) is 7.51. The molecule has 1 unspecified atom stereocenters. The fourth-order valence-electron chi connectivity index (χ4n) is 2.49. The van der Waals surface area contributed by atoms with E-state index in [1.807, 2.05) is 7.05 Å². The minimum atomic E-state index is 0.265. The zero-order valence-corrected chi connectivity index (χ0v) is 13.3.